The molecule has 1 saturated heterocycles. The summed E-state index contributed by atoms with van der Waals surface area (Å²) in [6.45, 7) is 3.67. The van der Waals surface area contributed by atoms with Crippen molar-refractivity contribution in [3.05, 3.63) is 35.4 Å². The number of carbonyl (C=O) groups excluding carboxylic acids is 1. The lowest BCUT2D eigenvalue weighted by Crippen LogP contribution is -2.50. The second-order valence-corrected chi connectivity index (χ2v) is 7.61. The summed E-state index contributed by atoms with van der Waals surface area (Å²) >= 11 is 0. The zero-order valence-electron chi connectivity index (χ0n) is 15.4. The first-order valence-electron chi connectivity index (χ1n) is 9.79. The molecule has 1 aromatic carbocycles. The number of hydrogen-bond donors (Lipinski definition) is 2. The van der Waals surface area contributed by atoms with Gasteiger partial charge in [-0.15, -0.1) is 0 Å². The molecule has 144 valence electrons. The minimum Gasteiger partial charge on any atom is -0.335 e. The summed E-state index contributed by atoms with van der Waals surface area (Å²) in [5, 5.41) is 6.19. The fourth-order valence-corrected chi connectivity index (χ4v) is 4.07. The fraction of sp³-hybridized carbons (Fsp3) is 0.650. The van der Waals surface area contributed by atoms with E-state index in [9.17, 15) is 13.6 Å². The van der Waals surface area contributed by atoms with Crippen LogP contribution in [0.2, 0.25) is 0 Å². The average molecular weight is 365 g/mol. The SMILES string of the molecule is CC(c1ccc(F)c(F)c1)N1CCC(NC(=O)NC2CCCCC2)CC1. The van der Waals surface area contributed by atoms with Crippen molar-refractivity contribution in [2.24, 2.45) is 0 Å². The molecule has 4 nitrogen and oxygen atoms in total. The number of rotatable bonds is 4. The third-order valence-electron chi connectivity index (χ3n) is 5.78. The van der Waals surface area contributed by atoms with Crippen molar-refractivity contribution >= 4 is 6.03 Å². The molecule has 2 amide bonds. The number of likely N-dealkylation sites (tertiary alicyclic amines) is 1. The molecule has 1 heterocycles. The molecule has 0 bridgehead atoms. The summed E-state index contributed by atoms with van der Waals surface area (Å²) in [7, 11) is 0. The molecule has 1 saturated carbocycles. The first-order valence-corrected chi connectivity index (χ1v) is 9.79. The van der Waals surface area contributed by atoms with Gasteiger partial charge in [0.15, 0.2) is 11.6 Å². The van der Waals surface area contributed by atoms with Crippen LogP contribution in [0.25, 0.3) is 0 Å². The van der Waals surface area contributed by atoms with Crippen molar-refractivity contribution < 1.29 is 13.6 Å². The highest BCUT2D eigenvalue weighted by atomic mass is 19.2. The number of amides is 2. The zero-order chi connectivity index (χ0) is 18.5. The number of carbonyl (C=O) groups is 1. The maximum Gasteiger partial charge on any atom is 0.315 e. The van der Waals surface area contributed by atoms with E-state index in [-0.39, 0.29) is 18.1 Å². The van der Waals surface area contributed by atoms with Crippen LogP contribution >= 0.6 is 0 Å². The van der Waals surface area contributed by atoms with Crippen molar-refractivity contribution in [3.63, 3.8) is 0 Å². The van der Waals surface area contributed by atoms with Gasteiger partial charge in [-0.1, -0.05) is 25.3 Å². The quantitative estimate of drug-likeness (QED) is 0.843. The highest BCUT2D eigenvalue weighted by molar-refractivity contribution is 5.74. The zero-order valence-corrected chi connectivity index (χ0v) is 15.4. The fourth-order valence-electron chi connectivity index (χ4n) is 4.07. The normalized spacial score (nSPS) is 21.3. The number of hydrogen-bond acceptors (Lipinski definition) is 2. The standard InChI is InChI=1S/C20H29F2N3O/c1-14(15-7-8-18(21)19(22)13-15)25-11-9-17(10-12-25)24-20(26)23-16-5-3-2-4-6-16/h7-8,13-14,16-17H,2-6,9-12H2,1H3,(H2,23,24,26). The number of nitrogens with zero attached hydrogens (tertiary/aromatic N) is 1. The van der Waals surface area contributed by atoms with Crippen LogP contribution in [0, 0.1) is 11.6 Å². The maximum absolute atomic E-state index is 13.5. The molecule has 2 aliphatic rings. The Morgan fingerprint density at radius 2 is 1.62 bits per heavy atom. The molecule has 6 heteroatoms. The molecule has 1 aliphatic heterocycles. The van der Waals surface area contributed by atoms with Gasteiger partial charge in [-0.3, -0.25) is 4.90 Å². The molecule has 0 radical (unpaired) electrons. The topological polar surface area (TPSA) is 44.4 Å². The summed E-state index contributed by atoms with van der Waals surface area (Å²) in [5.74, 6) is -1.61. The Kier molecular flexibility index (Phi) is 6.46. The highest BCUT2D eigenvalue weighted by Gasteiger charge is 2.25. The third-order valence-corrected chi connectivity index (χ3v) is 5.78. The van der Waals surface area contributed by atoms with E-state index in [0.717, 1.165) is 44.3 Å². The molecule has 3 rings (SSSR count). The molecule has 2 N–H and O–H groups in total. The predicted molar refractivity (Wildman–Crippen MR) is 97.9 cm³/mol. The van der Waals surface area contributed by atoms with E-state index in [2.05, 4.69) is 15.5 Å². The minimum atomic E-state index is -0.812. The van der Waals surface area contributed by atoms with Gasteiger partial charge in [-0.2, -0.15) is 0 Å². The Morgan fingerprint density at radius 3 is 2.23 bits per heavy atom. The second kappa shape index (κ2) is 8.80. The largest absolute Gasteiger partial charge is 0.335 e. The Balaban J connectivity index is 1.44. The van der Waals surface area contributed by atoms with E-state index in [1.165, 1.54) is 31.4 Å². The van der Waals surface area contributed by atoms with Crippen molar-refractivity contribution in [2.75, 3.05) is 13.1 Å². The predicted octanol–water partition coefficient (Wildman–Crippen LogP) is 4.12. The van der Waals surface area contributed by atoms with Crippen LogP contribution < -0.4 is 10.6 Å². The van der Waals surface area contributed by atoms with E-state index >= 15 is 0 Å². The lowest BCUT2D eigenvalue weighted by Gasteiger charge is -2.36. The van der Waals surface area contributed by atoms with E-state index in [1.54, 1.807) is 6.07 Å². The summed E-state index contributed by atoms with van der Waals surface area (Å²) in [6.07, 6.45) is 7.57. The molecule has 1 aliphatic carbocycles. The average Bonchev–Trinajstić information content (AvgIpc) is 2.65. The molecule has 1 atom stereocenters. The third kappa shape index (κ3) is 4.93. The van der Waals surface area contributed by atoms with E-state index in [1.807, 2.05) is 6.92 Å². The number of nitrogens with one attached hydrogen (secondary N) is 2. The van der Waals surface area contributed by atoms with Crippen LogP contribution in [0.3, 0.4) is 0 Å². The van der Waals surface area contributed by atoms with Gasteiger partial charge in [0.25, 0.3) is 0 Å². The van der Waals surface area contributed by atoms with Crippen molar-refractivity contribution in [1.29, 1.82) is 0 Å². The molecule has 0 spiro atoms. The lowest BCUT2D eigenvalue weighted by atomic mass is 9.96. The second-order valence-electron chi connectivity index (χ2n) is 7.61. The van der Waals surface area contributed by atoms with E-state index in [4.69, 9.17) is 0 Å². The highest BCUT2D eigenvalue weighted by Crippen LogP contribution is 2.25. The summed E-state index contributed by atoms with van der Waals surface area (Å²) in [4.78, 5) is 14.4. The van der Waals surface area contributed by atoms with Gasteiger partial charge in [-0.05, 0) is 50.3 Å². The van der Waals surface area contributed by atoms with Crippen LogP contribution in [0.4, 0.5) is 13.6 Å². The van der Waals surface area contributed by atoms with E-state index in [0.29, 0.717) is 6.04 Å². The summed E-state index contributed by atoms with van der Waals surface area (Å²) < 4.78 is 26.6. The number of piperidine rings is 1. The van der Waals surface area contributed by atoms with Gasteiger partial charge in [-0.25, -0.2) is 13.6 Å². The van der Waals surface area contributed by atoms with Gasteiger partial charge in [0.05, 0.1) is 0 Å². The number of halogens is 2. The Hall–Kier alpha value is -1.69. The summed E-state index contributed by atoms with van der Waals surface area (Å²) in [5.41, 5.74) is 0.783. The Labute approximate surface area is 154 Å². The van der Waals surface area contributed by atoms with Crippen molar-refractivity contribution in [1.82, 2.24) is 15.5 Å². The maximum atomic E-state index is 13.5. The van der Waals surface area contributed by atoms with Crippen LogP contribution in [0.15, 0.2) is 18.2 Å². The van der Waals surface area contributed by atoms with Gasteiger partial charge in [0.2, 0.25) is 0 Å². The van der Waals surface area contributed by atoms with Crippen molar-refractivity contribution in [2.45, 2.75) is 70.0 Å². The Morgan fingerprint density at radius 1 is 1.00 bits per heavy atom. The molecule has 2 fully saturated rings. The Bertz CT molecular complexity index is 611. The monoisotopic (exact) mass is 365 g/mol. The lowest BCUT2D eigenvalue weighted by molar-refractivity contribution is 0.152. The van der Waals surface area contributed by atoms with Gasteiger partial charge in [0, 0.05) is 31.2 Å². The summed E-state index contributed by atoms with van der Waals surface area (Å²) in [6, 6.07) is 4.58. The van der Waals surface area contributed by atoms with Crippen LogP contribution in [0.1, 0.15) is 63.5 Å². The van der Waals surface area contributed by atoms with Crippen LogP contribution in [0.5, 0.6) is 0 Å². The molecule has 1 unspecified atom stereocenters. The van der Waals surface area contributed by atoms with Gasteiger partial charge < -0.3 is 10.6 Å². The van der Waals surface area contributed by atoms with E-state index < -0.39 is 11.6 Å². The van der Waals surface area contributed by atoms with Crippen LogP contribution in [-0.4, -0.2) is 36.1 Å². The van der Waals surface area contributed by atoms with Gasteiger partial charge >= 0.3 is 6.03 Å². The number of urea groups is 1. The van der Waals surface area contributed by atoms with Gasteiger partial charge in [0.1, 0.15) is 0 Å². The smallest absolute Gasteiger partial charge is 0.315 e. The number of benzene rings is 1. The molecule has 26 heavy (non-hydrogen) atoms. The van der Waals surface area contributed by atoms with Crippen LogP contribution in [-0.2, 0) is 0 Å². The van der Waals surface area contributed by atoms with Crippen molar-refractivity contribution in [3.8, 4) is 0 Å². The minimum absolute atomic E-state index is 0.0297. The first-order chi connectivity index (χ1) is 12.5. The molecular weight excluding hydrogens is 336 g/mol. The molecular formula is C20H29F2N3O. The first kappa shape index (κ1) is 19.1. The molecule has 1 aromatic rings. The molecule has 0 aromatic heterocycles.